The zero-order valence-corrected chi connectivity index (χ0v) is 27.4. The van der Waals surface area contributed by atoms with E-state index in [2.05, 4.69) is 15.3 Å². The number of anilines is 1. The molecule has 1 heterocycles. The topological polar surface area (TPSA) is 112 Å². The van der Waals surface area contributed by atoms with Crippen LogP contribution in [0.4, 0.5) is 5.69 Å². The highest BCUT2D eigenvalue weighted by molar-refractivity contribution is 7.99. The van der Waals surface area contributed by atoms with E-state index in [0.717, 1.165) is 22.5 Å². The van der Waals surface area contributed by atoms with Gasteiger partial charge in [0.2, 0.25) is 11.7 Å². The van der Waals surface area contributed by atoms with Crippen LogP contribution in [0.1, 0.15) is 34.1 Å². The standard InChI is InChI=1S/C34H38N4O6S/c1-21-8-10-24(11-9-21)19-38(30(39)20-45-34-35-22(2)16-23(3)36-34)31(33(40)37-26-12-14-27(41-4)15-13-26)25-17-28(42-5)32(44-7)29(18-25)43-6/h8-18,31H,19-20H2,1-7H3,(H,37,40). The van der Waals surface area contributed by atoms with Crippen molar-refractivity contribution < 1.29 is 28.5 Å². The van der Waals surface area contributed by atoms with E-state index < -0.39 is 11.9 Å². The molecule has 3 aromatic carbocycles. The van der Waals surface area contributed by atoms with Gasteiger partial charge in [0, 0.05) is 23.6 Å². The number of aromatic nitrogens is 2. The van der Waals surface area contributed by atoms with E-state index in [1.54, 1.807) is 48.4 Å². The van der Waals surface area contributed by atoms with Crippen molar-refractivity contribution in [1.29, 1.82) is 0 Å². The van der Waals surface area contributed by atoms with Gasteiger partial charge in [0.25, 0.3) is 5.91 Å². The number of nitrogens with zero attached hydrogens (tertiary/aromatic N) is 3. The molecule has 0 saturated carbocycles. The Balaban J connectivity index is 1.81. The molecule has 236 valence electrons. The number of ether oxygens (including phenoxy) is 4. The van der Waals surface area contributed by atoms with Gasteiger partial charge in [0.1, 0.15) is 11.8 Å². The summed E-state index contributed by atoms with van der Waals surface area (Å²) in [5.41, 5.74) is 4.57. The Morgan fingerprint density at radius 1 is 0.800 bits per heavy atom. The van der Waals surface area contributed by atoms with E-state index >= 15 is 0 Å². The third kappa shape index (κ3) is 8.45. The minimum atomic E-state index is -1.09. The molecule has 0 bridgehead atoms. The fourth-order valence-electron chi connectivity index (χ4n) is 4.80. The molecule has 0 radical (unpaired) electrons. The molecule has 10 nitrogen and oxygen atoms in total. The van der Waals surface area contributed by atoms with Crippen molar-refractivity contribution >= 4 is 29.3 Å². The summed E-state index contributed by atoms with van der Waals surface area (Å²) in [5.74, 6) is 1.03. The lowest BCUT2D eigenvalue weighted by Crippen LogP contribution is -2.42. The van der Waals surface area contributed by atoms with Gasteiger partial charge < -0.3 is 29.2 Å². The van der Waals surface area contributed by atoms with Crippen molar-refractivity contribution in [2.45, 2.75) is 38.5 Å². The highest BCUT2D eigenvalue weighted by atomic mass is 32.2. The summed E-state index contributed by atoms with van der Waals surface area (Å²) in [6.45, 7) is 5.92. The maximum Gasteiger partial charge on any atom is 0.251 e. The second-order valence-corrected chi connectivity index (χ2v) is 11.3. The van der Waals surface area contributed by atoms with Gasteiger partial charge in [-0.25, -0.2) is 9.97 Å². The van der Waals surface area contributed by atoms with Crippen LogP contribution in [0.3, 0.4) is 0 Å². The first-order valence-electron chi connectivity index (χ1n) is 14.2. The fourth-order valence-corrected chi connectivity index (χ4v) is 5.63. The molecule has 45 heavy (non-hydrogen) atoms. The molecular weight excluding hydrogens is 592 g/mol. The molecule has 4 rings (SSSR count). The second-order valence-electron chi connectivity index (χ2n) is 10.3. The largest absolute Gasteiger partial charge is 0.497 e. The second kappa shape index (κ2) is 15.3. The zero-order valence-electron chi connectivity index (χ0n) is 26.5. The summed E-state index contributed by atoms with van der Waals surface area (Å²) in [6.07, 6.45) is 0. The predicted octanol–water partition coefficient (Wildman–Crippen LogP) is 5.94. The molecule has 11 heteroatoms. The maximum absolute atomic E-state index is 14.3. The monoisotopic (exact) mass is 630 g/mol. The van der Waals surface area contributed by atoms with Crippen LogP contribution in [0.15, 0.2) is 71.9 Å². The molecule has 4 aromatic rings. The molecule has 0 aliphatic heterocycles. The van der Waals surface area contributed by atoms with Crippen LogP contribution in [0.5, 0.6) is 23.0 Å². The summed E-state index contributed by atoms with van der Waals surface area (Å²) in [4.78, 5) is 39.0. The quantitative estimate of drug-likeness (QED) is 0.142. The number of aryl methyl sites for hydroxylation is 3. The minimum Gasteiger partial charge on any atom is -0.497 e. The summed E-state index contributed by atoms with van der Waals surface area (Å²) < 4.78 is 22.0. The Bertz CT molecular complexity index is 1580. The van der Waals surface area contributed by atoms with Crippen LogP contribution >= 0.6 is 11.8 Å². The average molecular weight is 631 g/mol. The van der Waals surface area contributed by atoms with E-state index in [-0.39, 0.29) is 18.2 Å². The van der Waals surface area contributed by atoms with Crippen molar-refractivity contribution in [3.05, 3.63) is 94.8 Å². The molecule has 0 spiro atoms. The van der Waals surface area contributed by atoms with Crippen LogP contribution in [0.25, 0.3) is 0 Å². The number of nitrogens with one attached hydrogen (secondary N) is 1. The number of carbonyl (C=O) groups is 2. The highest BCUT2D eigenvalue weighted by Crippen LogP contribution is 2.41. The molecule has 0 fully saturated rings. The summed E-state index contributed by atoms with van der Waals surface area (Å²) >= 11 is 1.22. The first-order chi connectivity index (χ1) is 21.6. The molecular formula is C34H38N4O6S. The van der Waals surface area contributed by atoms with E-state index in [1.165, 1.54) is 33.1 Å². The summed E-state index contributed by atoms with van der Waals surface area (Å²) in [5, 5.41) is 3.47. The lowest BCUT2D eigenvalue weighted by Gasteiger charge is -2.32. The third-order valence-electron chi connectivity index (χ3n) is 7.00. The number of methoxy groups -OCH3 is 4. The van der Waals surface area contributed by atoms with E-state index in [9.17, 15) is 9.59 Å². The molecule has 1 N–H and O–H groups in total. The predicted molar refractivity (Wildman–Crippen MR) is 174 cm³/mol. The Labute approximate surface area is 268 Å². The maximum atomic E-state index is 14.3. The van der Waals surface area contributed by atoms with Gasteiger partial charge in [-0.15, -0.1) is 0 Å². The lowest BCUT2D eigenvalue weighted by molar-refractivity contribution is -0.137. The van der Waals surface area contributed by atoms with Crippen molar-refractivity contribution in [3.8, 4) is 23.0 Å². The van der Waals surface area contributed by atoms with Gasteiger partial charge >= 0.3 is 0 Å². The number of carbonyl (C=O) groups excluding carboxylic acids is 2. The van der Waals surface area contributed by atoms with Crippen molar-refractivity contribution in [3.63, 3.8) is 0 Å². The molecule has 1 aromatic heterocycles. The number of rotatable bonds is 13. The highest BCUT2D eigenvalue weighted by Gasteiger charge is 2.34. The first kappa shape index (κ1) is 33.1. The van der Waals surface area contributed by atoms with Gasteiger partial charge in [-0.3, -0.25) is 9.59 Å². The third-order valence-corrected chi connectivity index (χ3v) is 7.83. The smallest absolute Gasteiger partial charge is 0.251 e. The molecule has 1 atom stereocenters. The summed E-state index contributed by atoms with van der Waals surface area (Å²) in [7, 11) is 6.09. The molecule has 1 unspecified atom stereocenters. The SMILES string of the molecule is COc1ccc(NC(=O)C(c2cc(OC)c(OC)c(OC)c2)N(Cc2ccc(C)cc2)C(=O)CSc2nc(C)cc(C)n2)cc1. The number of hydrogen-bond acceptors (Lipinski definition) is 9. The van der Waals surface area contributed by atoms with Crippen molar-refractivity contribution in [2.75, 3.05) is 39.5 Å². The van der Waals surface area contributed by atoms with Gasteiger partial charge in [0.15, 0.2) is 16.7 Å². The van der Waals surface area contributed by atoms with Gasteiger partial charge in [0.05, 0.1) is 34.2 Å². The van der Waals surface area contributed by atoms with Crippen LogP contribution < -0.4 is 24.3 Å². The Kier molecular flexibility index (Phi) is 11.3. The lowest BCUT2D eigenvalue weighted by atomic mass is 10.0. The van der Waals surface area contributed by atoms with E-state index in [4.69, 9.17) is 18.9 Å². The number of benzene rings is 3. The molecule has 0 aliphatic rings. The summed E-state index contributed by atoms with van der Waals surface area (Å²) in [6, 6.07) is 19.0. The van der Waals surface area contributed by atoms with E-state index in [1.807, 2.05) is 51.1 Å². The van der Waals surface area contributed by atoms with Gasteiger partial charge in [-0.2, -0.15) is 0 Å². The fraction of sp³-hybridized carbons (Fsp3) is 0.294. The van der Waals surface area contributed by atoms with Crippen molar-refractivity contribution in [1.82, 2.24) is 14.9 Å². The Morgan fingerprint density at radius 3 is 1.93 bits per heavy atom. The van der Waals surface area contributed by atoms with Gasteiger partial charge in [-0.05, 0) is 74.4 Å². The number of hydrogen-bond donors (Lipinski definition) is 1. The first-order valence-corrected chi connectivity index (χ1v) is 15.2. The van der Waals surface area contributed by atoms with E-state index in [0.29, 0.717) is 39.4 Å². The zero-order chi connectivity index (χ0) is 32.5. The molecule has 0 aliphatic carbocycles. The molecule has 2 amide bonds. The van der Waals surface area contributed by atoms with Crippen LogP contribution in [-0.4, -0.2) is 60.9 Å². The number of amides is 2. The van der Waals surface area contributed by atoms with Gasteiger partial charge in [-0.1, -0.05) is 41.6 Å². The minimum absolute atomic E-state index is 0.00545. The number of thioether (sulfide) groups is 1. The van der Waals surface area contributed by atoms with Crippen LogP contribution in [-0.2, 0) is 16.1 Å². The molecule has 0 saturated heterocycles. The normalized spacial score (nSPS) is 11.4. The van der Waals surface area contributed by atoms with Crippen molar-refractivity contribution in [2.24, 2.45) is 0 Å². The average Bonchev–Trinajstić information content (AvgIpc) is 3.03. The van der Waals surface area contributed by atoms with Crippen LogP contribution in [0, 0.1) is 20.8 Å². The van der Waals surface area contributed by atoms with Crippen LogP contribution in [0.2, 0.25) is 0 Å². The Hall–Kier alpha value is -4.77. The Morgan fingerprint density at radius 2 is 1.40 bits per heavy atom.